The molecule has 0 aliphatic carbocycles. The van der Waals surface area contributed by atoms with E-state index < -0.39 is 17.5 Å². The zero-order valence-corrected chi connectivity index (χ0v) is 9.15. The predicted octanol–water partition coefficient (Wildman–Crippen LogP) is 3.00. The first-order valence-corrected chi connectivity index (χ1v) is 4.95. The topological polar surface area (TPSA) is 39.2 Å². The van der Waals surface area contributed by atoms with E-state index in [1.54, 1.807) is 0 Å². The number of nitrogens with two attached hydrogens (primary N) is 1. The fourth-order valence-electron chi connectivity index (χ4n) is 1.33. The first-order valence-electron chi connectivity index (χ1n) is 4.54. The summed E-state index contributed by atoms with van der Waals surface area (Å²) in [5.41, 5.74) is 5.12. The van der Waals surface area contributed by atoms with E-state index in [1.807, 2.05) is 0 Å². The zero-order chi connectivity index (χ0) is 12.6. The quantitative estimate of drug-likeness (QED) is 0.664. The summed E-state index contributed by atoms with van der Waals surface area (Å²) < 4.78 is 44.3. The van der Waals surface area contributed by atoms with E-state index in [0.29, 0.717) is 0 Å². The maximum atomic E-state index is 13.4. The molecular formula is C11H6F3NOS. The van der Waals surface area contributed by atoms with Gasteiger partial charge in [0.05, 0.1) is 5.56 Å². The van der Waals surface area contributed by atoms with Gasteiger partial charge in [0.2, 0.25) is 0 Å². The van der Waals surface area contributed by atoms with Crippen LogP contribution in [0.4, 0.5) is 13.2 Å². The van der Waals surface area contributed by atoms with Crippen molar-refractivity contribution in [3.63, 3.8) is 0 Å². The predicted molar refractivity (Wildman–Crippen MR) is 59.9 cm³/mol. The lowest BCUT2D eigenvalue weighted by Gasteiger charge is -2.01. The van der Waals surface area contributed by atoms with Gasteiger partial charge in [-0.3, -0.25) is 0 Å². The van der Waals surface area contributed by atoms with Crippen LogP contribution in [0.5, 0.6) is 0 Å². The van der Waals surface area contributed by atoms with Gasteiger partial charge in [-0.1, -0.05) is 12.2 Å². The van der Waals surface area contributed by atoms with Gasteiger partial charge < -0.3 is 10.2 Å². The number of hydrogen-bond donors (Lipinski definition) is 1. The molecule has 0 aliphatic heterocycles. The van der Waals surface area contributed by atoms with Gasteiger partial charge in [0.15, 0.2) is 23.2 Å². The molecule has 0 unspecified atom stereocenters. The largest absolute Gasteiger partial charge is 0.454 e. The summed E-state index contributed by atoms with van der Waals surface area (Å²) in [4.78, 5) is -0.000702. The van der Waals surface area contributed by atoms with E-state index in [4.69, 9.17) is 10.2 Å². The second-order valence-corrected chi connectivity index (χ2v) is 3.69. The lowest BCUT2D eigenvalue weighted by atomic mass is 10.1. The standard InChI is InChI=1S/C11H6F3NOS/c12-6-2-1-5(9(13)10(6)14)7-3-4-8(16-7)11(15)17/h1-4H,(H2,15,17). The molecule has 2 rings (SSSR count). The number of furan rings is 1. The van der Waals surface area contributed by atoms with Gasteiger partial charge in [-0.05, 0) is 24.3 Å². The summed E-state index contributed by atoms with van der Waals surface area (Å²) in [6.07, 6.45) is 0. The maximum absolute atomic E-state index is 13.4. The van der Waals surface area contributed by atoms with E-state index in [0.717, 1.165) is 12.1 Å². The van der Waals surface area contributed by atoms with Crippen LogP contribution in [-0.4, -0.2) is 4.99 Å². The summed E-state index contributed by atoms with van der Waals surface area (Å²) in [7, 11) is 0. The van der Waals surface area contributed by atoms with Gasteiger partial charge in [0.1, 0.15) is 10.7 Å². The van der Waals surface area contributed by atoms with Gasteiger partial charge in [-0.2, -0.15) is 0 Å². The second kappa shape index (κ2) is 4.21. The normalized spacial score (nSPS) is 10.5. The molecule has 0 saturated carbocycles. The van der Waals surface area contributed by atoms with Crippen molar-refractivity contribution >= 4 is 17.2 Å². The molecule has 88 valence electrons. The Kier molecular flexibility index (Phi) is 2.89. The van der Waals surface area contributed by atoms with Crippen LogP contribution in [0.2, 0.25) is 0 Å². The van der Waals surface area contributed by atoms with Crippen molar-refractivity contribution in [1.29, 1.82) is 0 Å². The Labute approximate surface area is 99.8 Å². The second-order valence-electron chi connectivity index (χ2n) is 3.25. The summed E-state index contributed by atoms with van der Waals surface area (Å²) >= 11 is 4.66. The Morgan fingerprint density at radius 1 is 1.06 bits per heavy atom. The Morgan fingerprint density at radius 3 is 2.35 bits per heavy atom. The molecule has 2 nitrogen and oxygen atoms in total. The van der Waals surface area contributed by atoms with E-state index in [2.05, 4.69) is 12.2 Å². The average Bonchev–Trinajstić information content (AvgIpc) is 2.75. The highest BCUT2D eigenvalue weighted by atomic mass is 32.1. The number of rotatable bonds is 2. The summed E-state index contributed by atoms with van der Waals surface area (Å²) in [5, 5.41) is 0. The monoisotopic (exact) mass is 257 g/mol. The zero-order valence-electron chi connectivity index (χ0n) is 8.34. The fourth-order valence-corrected chi connectivity index (χ4v) is 1.44. The molecule has 17 heavy (non-hydrogen) atoms. The van der Waals surface area contributed by atoms with Gasteiger partial charge in [0, 0.05) is 0 Å². The number of halogens is 3. The first kappa shape index (κ1) is 11.7. The third kappa shape index (κ3) is 2.03. The van der Waals surface area contributed by atoms with Crippen LogP contribution in [-0.2, 0) is 0 Å². The van der Waals surface area contributed by atoms with Gasteiger partial charge in [0.25, 0.3) is 0 Å². The van der Waals surface area contributed by atoms with E-state index in [-0.39, 0.29) is 22.1 Å². The first-order chi connectivity index (χ1) is 8.00. The number of benzene rings is 1. The lowest BCUT2D eigenvalue weighted by Crippen LogP contribution is -2.07. The van der Waals surface area contributed by atoms with Crippen LogP contribution in [0.25, 0.3) is 11.3 Å². The third-order valence-corrected chi connectivity index (χ3v) is 2.35. The van der Waals surface area contributed by atoms with Crippen LogP contribution in [0.3, 0.4) is 0 Å². The van der Waals surface area contributed by atoms with E-state index in [1.165, 1.54) is 12.1 Å². The Hall–Kier alpha value is -1.82. The van der Waals surface area contributed by atoms with Crippen LogP contribution >= 0.6 is 12.2 Å². The SMILES string of the molecule is NC(=S)c1ccc(-c2ccc(F)c(F)c2F)o1. The summed E-state index contributed by atoms with van der Waals surface area (Å²) in [6, 6.07) is 4.70. The molecule has 0 radical (unpaired) electrons. The summed E-state index contributed by atoms with van der Waals surface area (Å²) in [6.45, 7) is 0. The molecule has 2 aromatic rings. The molecule has 1 aromatic heterocycles. The van der Waals surface area contributed by atoms with Crippen LogP contribution in [0.1, 0.15) is 5.76 Å². The molecule has 0 aliphatic rings. The van der Waals surface area contributed by atoms with Gasteiger partial charge in [-0.25, -0.2) is 13.2 Å². The van der Waals surface area contributed by atoms with Crippen molar-refractivity contribution in [2.45, 2.75) is 0 Å². The van der Waals surface area contributed by atoms with Crippen molar-refractivity contribution in [2.24, 2.45) is 5.73 Å². The van der Waals surface area contributed by atoms with E-state index in [9.17, 15) is 13.2 Å². The van der Waals surface area contributed by atoms with Crippen molar-refractivity contribution in [3.05, 3.63) is 47.5 Å². The van der Waals surface area contributed by atoms with Crippen molar-refractivity contribution < 1.29 is 17.6 Å². The summed E-state index contributed by atoms with van der Waals surface area (Å²) in [5.74, 6) is -3.90. The lowest BCUT2D eigenvalue weighted by molar-refractivity contribution is 0.446. The smallest absolute Gasteiger partial charge is 0.195 e. The third-order valence-electron chi connectivity index (χ3n) is 2.15. The molecule has 0 saturated heterocycles. The molecule has 0 bridgehead atoms. The fraction of sp³-hybridized carbons (Fsp3) is 0. The minimum Gasteiger partial charge on any atom is -0.454 e. The van der Waals surface area contributed by atoms with Crippen LogP contribution in [0, 0.1) is 17.5 Å². The molecule has 0 amide bonds. The Balaban J connectivity index is 2.53. The molecule has 1 heterocycles. The van der Waals surface area contributed by atoms with Crippen LogP contribution < -0.4 is 5.73 Å². The van der Waals surface area contributed by atoms with Crippen LogP contribution in [0.15, 0.2) is 28.7 Å². The minimum absolute atomic E-state index is 0.000702. The molecule has 0 atom stereocenters. The number of thiocarbonyl (C=S) groups is 1. The molecule has 1 aromatic carbocycles. The number of hydrogen-bond acceptors (Lipinski definition) is 2. The molecule has 2 N–H and O–H groups in total. The maximum Gasteiger partial charge on any atom is 0.195 e. The average molecular weight is 257 g/mol. The van der Waals surface area contributed by atoms with Gasteiger partial charge >= 0.3 is 0 Å². The molecule has 0 spiro atoms. The van der Waals surface area contributed by atoms with Crippen molar-refractivity contribution in [2.75, 3.05) is 0 Å². The van der Waals surface area contributed by atoms with E-state index >= 15 is 0 Å². The highest BCUT2D eigenvalue weighted by Gasteiger charge is 2.17. The Bertz CT molecular complexity index is 594. The molecule has 0 fully saturated rings. The molecule has 6 heteroatoms. The Morgan fingerprint density at radius 2 is 1.76 bits per heavy atom. The highest BCUT2D eigenvalue weighted by Crippen LogP contribution is 2.27. The van der Waals surface area contributed by atoms with Crippen molar-refractivity contribution in [1.82, 2.24) is 0 Å². The van der Waals surface area contributed by atoms with Gasteiger partial charge in [-0.15, -0.1) is 0 Å². The molecular weight excluding hydrogens is 251 g/mol. The highest BCUT2D eigenvalue weighted by molar-refractivity contribution is 7.80. The minimum atomic E-state index is -1.55. The van der Waals surface area contributed by atoms with Crippen molar-refractivity contribution in [3.8, 4) is 11.3 Å².